The van der Waals surface area contributed by atoms with Gasteiger partial charge in [0, 0.05) is 5.69 Å². The number of benzene rings is 2. The molecule has 25 heavy (non-hydrogen) atoms. The van der Waals surface area contributed by atoms with Crippen molar-refractivity contribution in [2.24, 2.45) is 0 Å². The summed E-state index contributed by atoms with van der Waals surface area (Å²) in [6, 6.07) is 13.5. The molecule has 128 valence electrons. The first-order chi connectivity index (χ1) is 12.1. The first-order valence-corrected chi connectivity index (χ1v) is 7.98. The van der Waals surface area contributed by atoms with Crippen molar-refractivity contribution in [2.45, 2.75) is 19.9 Å². The number of hydrogen-bond donors (Lipinski definition) is 1. The Balaban J connectivity index is 1.72. The van der Waals surface area contributed by atoms with Crippen LogP contribution in [0.15, 0.2) is 48.5 Å². The highest BCUT2D eigenvalue weighted by Crippen LogP contribution is 2.17. The van der Waals surface area contributed by atoms with Crippen LogP contribution in [0, 0.1) is 0 Å². The Kier molecular flexibility index (Phi) is 4.74. The van der Waals surface area contributed by atoms with Gasteiger partial charge in [0.1, 0.15) is 11.6 Å². The van der Waals surface area contributed by atoms with E-state index >= 15 is 0 Å². The average molecular weight is 338 g/mol. The standard InChI is InChI=1S/C18H18N4O3/c1-3-25-18(24)13-8-10-14(11-9-13)19-17(23)12(2)22-16-7-5-4-6-15(16)20-21-22/h4-12H,3H2,1-2H3,(H,19,23). The number of nitrogens with one attached hydrogen (secondary N) is 1. The molecule has 0 saturated carbocycles. The molecule has 3 rings (SSSR count). The van der Waals surface area contributed by atoms with Gasteiger partial charge in [-0.3, -0.25) is 4.79 Å². The monoisotopic (exact) mass is 338 g/mol. The number of carbonyl (C=O) groups excluding carboxylic acids is 2. The van der Waals surface area contributed by atoms with Crippen LogP contribution in [0.2, 0.25) is 0 Å². The highest BCUT2D eigenvalue weighted by molar-refractivity contribution is 5.95. The number of aromatic nitrogens is 3. The van der Waals surface area contributed by atoms with Crippen LogP contribution in [-0.2, 0) is 9.53 Å². The van der Waals surface area contributed by atoms with E-state index in [0.29, 0.717) is 17.9 Å². The summed E-state index contributed by atoms with van der Waals surface area (Å²) < 4.78 is 6.51. The molecule has 0 bridgehead atoms. The number of rotatable bonds is 5. The van der Waals surface area contributed by atoms with Crippen molar-refractivity contribution >= 4 is 28.6 Å². The predicted molar refractivity (Wildman–Crippen MR) is 93.3 cm³/mol. The summed E-state index contributed by atoms with van der Waals surface area (Å²) in [5.74, 6) is -0.609. The van der Waals surface area contributed by atoms with Crippen LogP contribution < -0.4 is 5.32 Å². The fourth-order valence-corrected chi connectivity index (χ4v) is 2.43. The highest BCUT2D eigenvalue weighted by atomic mass is 16.5. The highest BCUT2D eigenvalue weighted by Gasteiger charge is 2.19. The van der Waals surface area contributed by atoms with Crippen molar-refractivity contribution in [2.75, 3.05) is 11.9 Å². The van der Waals surface area contributed by atoms with Crippen molar-refractivity contribution in [3.63, 3.8) is 0 Å². The van der Waals surface area contributed by atoms with Crippen LogP contribution >= 0.6 is 0 Å². The molecule has 2 aromatic carbocycles. The summed E-state index contributed by atoms with van der Waals surface area (Å²) in [5.41, 5.74) is 2.56. The van der Waals surface area contributed by atoms with Crippen LogP contribution in [0.3, 0.4) is 0 Å². The fourth-order valence-electron chi connectivity index (χ4n) is 2.43. The minimum absolute atomic E-state index is 0.223. The van der Waals surface area contributed by atoms with E-state index in [1.165, 1.54) is 0 Å². The summed E-state index contributed by atoms with van der Waals surface area (Å²) in [6.45, 7) is 3.83. The summed E-state index contributed by atoms with van der Waals surface area (Å²) in [4.78, 5) is 24.1. The van der Waals surface area contributed by atoms with Crippen molar-refractivity contribution in [1.29, 1.82) is 0 Å². The molecule has 1 amide bonds. The van der Waals surface area contributed by atoms with E-state index in [-0.39, 0.29) is 11.9 Å². The van der Waals surface area contributed by atoms with Gasteiger partial charge in [0.2, 0.25) is 5.91 Å². The minimum atomic E-state index is -0.530. The lowest BCUT2D eigenvalue weighted by atomic mass is 10.2. The predicted octanol–water partition coefficient (Wildman–Crippen LogP) is 2.81. The molecule has 1 heterocycles. The first-order valence-electron chi connectivity index (χ1n) is 7.98. The zero-order valence-corrected chi connectivity index (χ0v) is 14.0. The second-order valence-corrected chi connectivity index (χ2v) is 5.49. The number of carbonyl (C=O) groups is 2. The molecule has 1 atom stereocenters. The van der Waals surface area contributed by atoms with Gasteiger partial charge in [0.15, 0.2) is 0 Å². The molecule has 1 aromatic heterocycles. The smallest absolute Gasteiger partial charge is 0.338 e. The Bertz CT molecular complexity index is 902. The molecule has 1 unspecified atom stereocenters. The lowest BCUT2D eigenvalue weighted by Crippen LogP contribution is -2.24. The number of nitrogens with zero attached hydrogens (tertiary/aromatic N) is 3. The Labute approximate surface area is 144 Å². The van der Waals surface area contributed by atoms with E-state index in [9.17, 15) is 9.59 Å². The molecule has 0 aliphatic carbocycles. The quantitative estimate of drug-likeness (QED) is 0.723. The molecule has 0 saturated heterocycles. The summed E-state index contributed by atoms with van der Waals surface area (Å²) in [6.07, 6.45) is 0. The second kappa shape index (κ2) is 7.12. The maximum Gasteiger partial charge on any atom is 0.338 e. The van der Waals surface area contributed by atoms with E-state index in [1.807, 2.05) is 24.3 Å². The molecule has 0 aliphatic heterocycles. The SMILES string of the molecule is CCOC(=O)c1ccc(NC(=O)C(C)n2nnc3ccccc32)cc1. The van der Waals surface area contributed by atoms with E-state index in [4.69, 9.17) is 4.74 Å². The van der Waals surface area contributed by atoms with Gasteiger partial charge in [-0.05, 0) is 50.2 Å². The van der Waals surface area contributed by atoms with Crippen LogP contribution in [0.1, 0.15) is 30.2 Å². The van der Waals surface area contributed by atoms with Gasteiger partial charge >= 0.3 is 5.97 Å². The maximum atomic E-state index is 12.5. The van der Waals surface area contributed by atoms with Crippen molar-refractivity contribution in [3.8, 4) is 0 Å². The minimum Gasteiger partial charge on any atom is -0.462 e. The largest absolute Gasteiger partial charge is 0.462 e. The Morgan fingerprint density at radius 3 is 2.60 bits per heavy atom. The van der Waals surface area contributed by atoms with Crippen LogP contribution in [0.25, 0.3) is 11.0 Å². The summed E-state index contributed by atoms with van der Waals surface area (Å²) in [5, 5.41) is 10.9. The van der Waals surface area contributed by atoms with Crippen LogP contribution in [-0.4, -0.2) is 33.5 Å². The zero-order valence-electron chi connectivity index (χ0n) is 14.0. The molecule has 0 aliphatic rings. The normalized spacial score (nSPS) is 11.9. The Morgan fingerprint density at radius 2 is 1.88 bits per heavy atom. The molecule has 7 nitrogen and oxygen atoms in total. The van der Waals surface area contributed by atoms with Gasteiger partial charge in [-0.1, -0.05) is 17.3 Å². The third-order valence-corrected chi connectivity index (χ3v) is 3.79. The van der Waals surface area contributed by atoms with Crippen LogP contribution in [0.5, 0.6) is 0 Å². The lowest BCUT2D eigenvalue weighted by molar-refractivity contribution is -0.119. The molecule has 1 N–H and O–H groups in total. The lowest BCUT2D eigenvalue weighted by Gasteiger charge is -2.13. The van der Waals surface area contributed by atoms with Gasteiger partial charge in [-0.2, -0.15) is 0 Å². The van der Waals surface area contributed by atoms with Gasteiger partial charge in [0.05, 0.1) is 17.7 Å². The number of fused-ring (bicyclic) bond motifs is 1. The Hall–Kier alpha value is -3.22. The molecule has 0 radical (unpaired) electrons. The topological polar surface area (TPSA) is 86.1 Å². The third kappa shape index (κ3) is 3.50. The fraction of sp³-hybridized carbons (Fsp3) is 0.222. The van der Waals surface area contributed by atoms with Crippen LogP contribution in [0.4, 0.5) is 5.69 Å². The van der Waals surface area contributed by atoms with Gasteiger partial charge in [0.25, 0.3) is 0 Å². The van der Waals surface area contributed by atoms with Crippen molar-refractivity contribution < 1.29 is 14.3 Å². The van der Waals surface area contributed by atoms with Gasteiger partial charge < -0.3 is 10.1 Å². The number of anilines is 1. The summed E-state index contributed by atoms with van der Waals surface area (Å²) in [7, 11) is 0. The number of para-hydroxylation sites is 1. The zero-order chi connectivity index (χ0) is 17.8. The molecular weight excluding hydrogens is 320 g/mol. The van der Waals surface area contributed by atoms with Gasteiger partial charge in [-0.15, -0.1) is 5.10 Å². The number of amides is 1. The number of hydrogen-bond acceptors (Lipinski definition) is 5. The van der Waals surface area contributed by atoms with Crippen molar-refractivity contribution in [3.05, 3.63) is 54.1 Å². The average Bonchev–Trinajstić information content (AvgIpc) is 3.06. The number of ether oxygens (including phenoxy) is 1. The third-order valence-electron chi connectivity index (χ3n) is 3.79. The van der Waals surface area contributed by atoms with E-state index in [2.05, 4.69) is 15.6 Å². The van der Waals surface area contributed by atoms with Gasteiger partial charge in [-0.25, -0.2) is 9.48 Å². The molecule has 7 heteroatoms. The second-order valence-electron chi connectivity index (χ2n) is 5.49. The molecule has 0 fully saturated rings. The molecule has 0 spiro atoms. The maximum absolute atomic E-state index is 12.5. The van der Waals surface area contributed by atoms with E-state index in [0.717, 1.165) is 11.0 Å². The Morgan fingerprint density at radius 1 is 1.16 bits per heavy atom. The van der Waals surface area contributed by atoms with E-state index < -0.39 is 6.04 Å². The molecule has 3 aromatic rings. The number of esters is 1. The van der Waals surface area contributed by atoms with Crippen molar-refractivity contribution in [1.82, 2.24) is 15.0 Å². The van der Waals surface area contributed by atoms with E-state index in [1.54, 1.807) is 42.8 Å². The summed E-state index contributed by atoms with van der Waals surface area (Å²) >= 11 is 0. The molecular formula is C18H18N4O3. The first kappa shape index (κ1) is 16.6.